The maximum absolute atomic E-state index is 14.3. The number of nitrogens with one attached hydrogen (secondary N) is 1. The molecule has 3 fully saturated rings. The Morgan fingerprint density at radius 3 is 2.76 bits per heavy atom. The summed E-state index contributed by atoms with van der Waals surface area (Å²) in [6, 6.07) is 4.57. The maximum Gasteiger partial charge on any atom is 0.256 e. The molecule has 0 saturated carbocycles. The van der Waals surface area contributed by atoms with Crippen LogP contribution in [0.5, 0.6) is 0 Å². The first-order valence-electron chi connectivity index (χ1n) is 10.5. The second-order valence-electron chi connectivity index (χ2n) is 8.71. The van der Waals surface area contributed by atoms with E-state index >= 15 is 0 Å². The van der Waals surface area contributed by atoms with Gasteiger partial charge in [0.05, 0.1) is 11.6 Å². The van der Waals surface area contributed by atoms with E-state index in [0.717, 1.165) is 24.8 Å². The van der Waals surface area contributed by atoms with Gasteiger partial charge < -0.3 is 15.1 Å². The monoisotopic (exact) mass is 401 g/mol. The second kappa shape index (κ2) is 7.76. The Bertz CT molecular complexity index is 843. The van der Waals surface area contributed by atoms with Crippen LogP contribution in [0.4, 0.5) is 4.39 Å². The molecule has 29 heavy (non-hydrogen) atoms. The van der Waals surface area contributed by atoms with Crippen LogP contribution in [0, 0.1) is 24.6 Å². The molecule has 0 radical (unpaired) electrons. The highest BCUT2D eigenvalue weighted by atomic mass is 19.1. The van der Waals surface area contributed by atoms with Gasteiger partial charge in [-0.15, -0.1) is 0 Å². The molecule has 0 aromatic heterocycles. The number of hydrogen-bond donors (Lipinski definition) is 1. The number of rotatable bonds is 3. The molecule has 1 aromatic rings. The lowest BCUT2D eigenvalue weighted by molar-refractivity contribution is -0.151. The van der Waals surface area contributed by atoms with E-state index in [0.29, 0.717) is 26.1 Å². The Kier molecular flexibility index (Phi) is 5.32. The summed E-state index contributed by atoms with van der Waals surface area (Å²) in [6.07, 6.45) is 3.25. The Morgan fingerprint density at radius 1 is 1.24 bits per heavy atom. The van der Waals surface area contributed by atoms with E-state index in [1.165, 1.54) is 13.0 Å². The molecule has 0 spiro atoms. The number of amides is 3. The van der Waals surface area contributed by atoms with Crippen molar-refractivity contribution in [3.63, 3.8) is 0 Å². The fourth-order valence-corrected chi connectivity index (χ4v) is 5.43. The highest BCUT2D eigenvalue weighted by Crippen LogP contribution is 2.41. The number of fused-ring (bicyclic) bond motifs is 4. The third-order valence-electron chi connectivity index (χ3n) is 6.70. The molecule has 6 nitrogen and oxygen atoms in total. The molecule has 2 bridgehead atoms. The minimum Gasteiger partial charge on any atom is -0.354 e. The van der Waals surface area contributed by atoms with Crippen molar-refractivity contribution >= 4 is 17.7 Å². The SMILES string of the molecule is CC(=O)NC[C@H]1[C@H]2C[C@H](CN(C(=O)c3cc(C)ccc3F)C2)[C@@H]2CCCC(=O)N21. The summed E-state index contributed by atoms with van der Waals surface area (Å²) in [7, 11) is 0. The van der Waals surface area contributed by atoms with Crippen LogP contribution in [0.3, 0.4) is 0 Å². The fraction of sp³-hybridized carbons (Fsp3) is 0.591. The van der Waals surface area contributed by atoms with E-state index in [1.54, 1.807) is 17.0 Å². The Morgan fingerprint density at radius 2 is 2.00 bits per heavy atom. The van der Waals surface area contributed by atoms with Crippen LogP contribution >= 0.6 is 0 Å². The Labute approximate surface area is 170 Å². The van der Waals surface area contributed by atoms with E-state index in [-0.39, 0.29) is 47.2 Å². The third-order valence-corrected chi connectivity index (χ3v) is 6.70. The average Bonchev–Trinajstić information content (AvgIpc) is 2.69. The van der Waals surface area contributed by atoms with E-state index in [2.05, 4.69) is 5.32 Å². The molecule has 3 saturated heterocycles. The van der Waals surface area contributed by atoms with Crippen LogP contribution in [0.15, 0.2) is 18.2 Å². The summed E-state index contributed by atoms with van der Waals surface area (Å²) < 4.78 is 14.3. The molecular formula is C22H28FN3O3. The summed E-state index contributed by atoms with van der Waals surface area (Å²) in [5.41, 5.74) is 0.958. The summed E-state index contributed by atoms with van der Waals surface area (Å²) >= 11 is 0. The van der Waals surface area contributed by atoms with Gasteiger partial charge in [-0.1, -0.05) is 11.6 Å². The minimum atomic E-state index is -0.499. The van der Waals surface area contributed by atoms with Gasteiger partial charge in [0.15, 0.2) is 0 Å². The van der Waals surface area contributed by atoms with Crippen molar-refractivity contribution in [1.29, 1.82) is 0 Å². The third kappa shape index (κ3) is 3.74. The number of nitrogens with zero attached hydrogens (tertiary/aromatic N) is 2. The van der Waals surface area contributed by atoms with E-state index in [1.807, 2.05) is 11.8 Å². The van der Waals surface area contributed by atoms with Gasteiger partial charge in [-0.25, -0.2) is 4.39 Å². The predicted octanol–water partition coefficient (Wildman–Crippen LogP) is 2.11. The van der Waals surface area contributed by atoms with Crippen LogP contribution < -0.4 is 5.32 Å². The lowest BCUT2D eigenvalue weighted by Gasteiger charge is -2.56. The summed E-state index contributed by atoms with van der Waals surface area (Å²) in [5, 5.41) is 2.87. The number of carbonyl (C=O) groups is 3. The smallest absolute Gasteiger partial charge is 0.256 e. The molecule has 4 rings (SSSR count). The number of piperidine rings is 3. The fourth-order valence-electron chi connectivity index (χ4n) is 5.43. The van der Waals surface area contributed by atoms with Crippen molar-refractivity contribution in [2.45, 2.75) is 51.6 Å². The van der Waals surface area contributed by atoms with E-state index < -0.39 is 5.82 Å². The van der Waals surface area contributed by atoms with Gasteiger partial charge in [0.25, 0.3) is 5.91 Å². The van der Waals surface area contributed by atoms with Crippen LogP contribution in [-0.4, -0.2) is 59.2 Å². The molecule has 3 aliphatic heterocycles. The van der Waals surface area contributed by atoms with Crippen LogP contribution in [0.2, 0.25) is 0 Å². The summed E-state index contributed by atoms with van der Waals surface area (Å²) in [6.45, 7) is 4.73. The van der Waals surface area contributed by atoms with Gasteiger partial charge in [0.2, 0.25) is 11.8 Å². The van der Waals surface area contributed by atoms with Crippen molar-refractivity contribution in [3.05, 3.63) is 35.1 Å². The standard InChI is InChI=1S/C22H28FN3O3/c1-13-6-7-18(23)17(8-13)22(29)25-11-15-9-16(12-25)20(10-24-14(2)27)26-19(15)4-3-5-21(26)28/h6-8,15-16,19-20H,3-5,9-12H2,1-2H3,(H,24,27)/t15-,16+,19+,20+/m1/s1. The first-order valence-corrected chi connectivity index (χ1v) is 10.5. The first kappa shape index (κ1) is 19.9. The van der Waals surface area contributed by atoms with Crippen LogP contribution in [-0.2, 0) is 9.59 Å². The molecule has 3 aliphatic rings. The summed E-state index contributed by atoms with van der Waals surface area (Å²) in [4.78, 5) is 41.1. The van der Waals surface area contributed by atoms with E-state index in [4.69, 9.17) is 0 Å². The summed E-state index contributed by atoms with van der Waals surface area (Å²) in [5.74, 6) is -0.482. The van der Waals surface area contributed by atoms with Gasteiger partial charge in [-0.3, -0.25) is 14.4 Å². The van der Waals surface area contributed by atoms with E-state index in [9.17, 15) is 18.8 Å². The Hall–Kier alpha value is -2.44. The van der Waals surface area contributed by atoms with Crippen molar-refractivity contribution in [2.24, 2.45) is 11.8 Å². The molecular weight excluding hydrogens is 373 g/mol. The van der Waals surface area contributed by atoms with Crippen molar-refractivity contribution in [2.75, 3.05) is 19.6 Å². The number of halogens is 1. The molecule has 1 N–H and O–H groups in total. The van der Waals surface area contributed by atoms with Gasteiger partial charge in [0, 0.05) is 39.0 Å². The predicted molar refractivity (Wildman–Crippen MR) is 106 cm³/mol. The van der Waals surface area contributed by atoms with Gasteiger partial charge >= 0.3 is 0 Å². The largest absolute Gasteiger partial charge is 0.354 e. The second-order valence-corrected chi connectivity index (χ2v) is 8.71. The molecule has 1 aromatic carbocycles. The lowest BCUT2D eigenvalue weighted by Crippen LogP contribution is -2.67. The topological polar surface area (TPSA) is 69.7 Å². The molecule has 0 unspecified atom stereocenters. The van der Waals surface area contributed by atoms with Gasteiger partial charge in [-0.05, 0) is 50.2 Å². The zero-order valence-electron chi connectivity index (χ0n) is 17.0. The highest BCUT2D eigenvalue weighted by molar-refractivity contribution is 5.94. The van der Waals surface area contributed by atoms with Crippen LogP contribution in [0.25, 0.3) is 0 Å². The van der Waals surface area contributed by atoms with Crippen LogP contribution in [0.1, 0.15) is 48.5 Å². The molecule has 4 atom stereocenters. The number of aryl methyl sites for hydroxylation is 1. The molecule has 156 valence electrons. The normalized spacial score (nSPS) is 28.7. The molecule has 0 aliphatic carbocycles. The number of benzene rings is 1. The van der Waals surface area contributed by atoms with Crippen molar-refractivity contribution in [1.82, 2.24) is 15.1 Å². The number of likely N-dealkylation sites (tertiary alicyclic amines) is 1. The molecule has 3 amide bonds. The van der Waals surface area contributed by atoms with Crippen molar-refractivity contribution < 1.29 is 18.8 Å². The zero-order valence-corrected chi connectivity index (χ0v) is 17.0. The van der Waals surface area contributed by atoms with Gasteiger partial charge in [0.1, 0.15) is 5.82 Å². The Balaban J connectivity index is 1.61. The first-order chi connectivity index (χ1) is 13.8. The molecule has 7 heteroatoms. The minimum absolute atomic E-state index is 0.0794. The zero-order chi connectivity index (χ0) is 20.7. The maximum atomic E-state index is 14.3. The van der Waals surface area contributed by atoms with Gasteiger partial charge in [-0.2, -0.15) is 0 Å². The average molecular weight is 401 g/mol. The number of carbonyl (C=O) groups excluding carboxylic acids is 3. The lowest BCUT2D eigenvalue weighted by atomic mass is 9.72. The highest BCUT2D eigenvalue weighted by Gasteiger charge is 2.50. The molecule has 3 heterocycles. The quantitative estimate of drug-likeness (QED) is 0.844. The van der Waals surface area contributed by atoms with Crippen molar-refractivity contribution in [3.8, 4) is 0 Å². The number of hydrogen-bond acceptors (Lipinski definition) is 3.